The second-order valence-electron chi connectivity index (χ2n) is 6.14. The van der Waals surface area contributed by atoms with E-state index in [1.54, 1.807) is 0 Å². The maximum absolute atomic E-state index is 3.73. The molecule has 0 aromatic rings. The molecule has 2 fully saturated rings. The predicted octanol–water partition coefficient (Wildman–Crippen LogP) is 3.03. The predicted molar refractivity (Wildman–Crippen MR) is 74.3 cm³/mol. The van der Waals surface area contributed by atoms with Gasteiger partial charge >= 0.3 is 0 Å². The zero-order chi connectivity index (χ0) is 12.3. The number of hydrogen-bond acceptors (Lipinski definition) is 2. The molecule has 2 nitrogen and oxygen atoms in total. The van der Waals surface area contributed by atoms with Gasteiger partial charge in [-0.1, -0.05) is 13.8 Å². The lowest BCUT2D eigenvalue weighted by Crippen LogP contribution is -2.45. The van der Waals surface area contributed by atoms with Crippen LogP contribution in [0.1, 0.15) is 59.3 Å². The number of hydrogen-bond donors (Lipinski definition) is 1. The van der Waals surface area contributed by atoms with Crippen LogP contribution in [0.5, 0.6) is 0 Å². The molecule has 1 atom stereocenters. The molecular formula is C15H30N2. The van der Waals surface area contributed by atoms with Crippen molar-refractivity contribution in [1.82, 2.24) is 10.2 Å². The molecule has 0 aliphatic heterocycles. The van der Waals surface area contributed by atoms with Crippen molar-refractivity contribution in [3.8, 4) is 0 Å². The average Bonchev–Trinajstić information content (AvgIpc) is 3.18. The van der Waals surface area contributed by atoms with Gasteiger partial charge in [0.1, 0.15) is 0 Å². The molecule has 100 valence electrons. The minimum absolute atomic E-state index is 0.722. The first kappa shape index (κ1) is 13.4. The molecule has 2 saturated carbocycles. The van der Waals surface area contributed by atoms with E-state index in [9.17, 15) is 0 Å². The Morgan fingerprint density at radius 2 is 1.76 bits per heavy atom. The lowest BCUT2D eigenvalue weighted by atomic mass is 10.1. The SMILES string of the molecule is CCC(CC)NCC(C)N(CC1CC1)C1CC1. The Morgan fingerprint density at radius 1 is 1.12 bits per heavy atom. The third-order valence-electron chi connectivity index (χ3n) is 4.44. The molecule has 0 bridgehead atoms. The van der Waals surface area contributed by atoms with Gasteiger partial charge in [0.2, 0.25) is 0 Å². The molecule has 1 unspecified atom stereocenters. The van der Waals surface area contributed by atoms with Crippen LogP contribution in [0.15, 0.2) is 0 Å². The molecule has 2 aliphatic carbocycles. The summed E-state index contributed by atoms with van der Waals surface area (Å²) in [6, 6.07) is 2.37. The summed E-state index contributed by atoms with van der Waals surface area (Å²) < 4.78 is 0. The minimum Gasteiger partial charge on any atom is -0.312 e. The molecule has 0 aromatic carbocycles. The highest BCUT2D eigenvalue weighted by Gasteiger charge is 2.35. The minimum atomic E-state index is 0.722. The molecule has 0 amide bonds. The van der Waals surface area contributed by atoms with Crippen LogP contribution in [0.4, 0.5) is 0 Å². The summed E-state index contributed by atoms with van der Waals surface area (Å²) in [7, 11) is 0. The summed E-state index contributed by atoms with van der Waals surface area (Å²) >= 11 is 0. The first-order valence-electron chi connectivity index (χ1n) is 7.73. The molecule has 17 heavy (non-hydrogen) atoms. The van der Waals surface area contributed by atoms with Crippen LogP contribution in [0.2, 0.25) is 0 Å². The van der Waals surface area contributed by atoms with Gasteiger partial charge in [0, 0.05) is 31.2 Å². The summed E-state index contributed by atoms with van der Waals surface area (Å²) in [5.41, 5.74) is 0. The maximum Gasteiger partial charge on any atom is 0.0195 e. The second-order valence-corrected chi connectivity index (χ2v) is 6.14. The Labute approximate surface area is 107 Å². The van der Waals surface area contributed by atoms with E-state index >= 15 is 0 Å². The number of rotatable bonds is 9. The Bertz CT molecular complexity index is 217. The van der Waals surface area contributed by atoms with Crippen molar-refractivity contribution in [3.63, 3.8) is 0 Å². The van der Waals surface area contributed by atoms with Crippen molar-refractivity contribution in [1.29, 1.82) is 0 Å². The lowest BCUT2D eigenvalue weighted by Gasteiger charge is -2.30. The van der Waals surface area contributed by atoms with E-state index < -0.39 is 0 Å². The highest BCUT2D eigenvalue weighted by molar-refractivity contribution is 4.91. The van der Waals surface area contributed by atoms with Crippen molar-refractivity contribution in [2.45, 2.75) is 77.4 Å². The Kier molecular flexibility index (Phi) is 4.87. The molecule has 0 radical (unpaired) electrons. The molecule has 2 rings (SSSR count). The highest BCUT2D eigenvalue weighted by Crippen LogP contribution is 2.35. The van der Waals surface area contributed by atoms with Crippen molar-refractivity contribution < 1.29 is 0 Å². The van der Waals surface area contributed by atoms with Crippen LogP contribution >= 0.6 is 0 Å². The van der Waals surface area contributed by atoms with Gasteiger partial charge in [-0.25, -0.2) is 0 Å². The summed E-state index contributed by atoms with van der Waals surface area (Å²) in [5.74, 6) is 1.03. The van der Waals surface area contributed by atoms with Gasteiger partial charge in [0.05, 0.1) is 0 Å². The largest absolute Gasteiger partial charge is 0.312 e. The fraction of sp³-hybridized carbons (Fsp3) is 1.00. The zero-order valence-corrected chi connectivity index (χ0v) is 11.9. The third kappa shape index (κ3) is 4.26. The summed E-state index contributed by atoms with van der Waals surface area (Å²) in [5, 5.41) is 3.73. The average molecular weight is 238 g/mol. The van der Waals surface area contributed by atoms with E-state index in [4.69, 9.17) is 0 Å². The van der Waals surface area contributed by atoms with E-state index in [0.717, 1.165) is 24.0 Å². The first-order chi connectivity index (χ1) is 8.24. The van der Waals surface area contributed by atoms with Crippen LogP contribution in [0.3, 0.4) is 0 Å². The number of nitrogens with zero attached hydrogens (tertiary/aromatic N) is 1. The van der Waals surface area contributed by atoms with E-state index in [0.29, 0.717) is 0 Å². The van der Waals surface area contributed by atoms with Crippen LogP contribution in [-0.4, -0.2) is 36.1 Å². The molecule has 0 heterocycles. The first-order valence-corrected chi connectivity index (χ1v) is 7.73. The van der Waals surface area contributed by atoms with Gasteiger partial charge in [-0.15, -0.1) is 0 Å². The van der Waals surface area contributed by atoms with Crippen LogP contribution in [-0.2, 0) is 0 Å². The standard InChI is InChI=1S/C15H30N2/c1-4-14(5-2)16-10-12(3)17(15-8-9-15)11-13-6-7-13/h12-16H,4-11H2,1-3H3. The van der Waals surface area contributed by atoms with Crippen LogP contribution < -0.4 is 5.32 Å². The van der Waals surface area contributed by atoms with Gasteiger partial charge in [0.25, 0.3) is 0 Å². The third-order valence-corrected chi connectivity index (χ3v) is 4.44. The maximum atomic E-state index is 3.73. The van der Waals surface area contributed by atoms with Gasteiger partial charge < -0.3 is 5.32 Å². The normalized spacial score (nSPS) is 22.4. The molecule has 0 aromatic heterocycles. The van der Waals surface area contributed by atoms with Crippen molar-refractivity contribution in [3.05, 3.63) is 0 Å². The summed E-state index contributed by atoms with van der Waals surface area (Å²) in [6.45, 7) is 9.53. The van der Waals surface area contributed by atoms with Crippen molar-refractivity contribution >= 4 is 0 Å². The van der Waals surface area contributed by atoms with Crippen molar-refractivity contribution in [2.24, 2.45) is 5.92 Å². The Morgan fingerprint density at radius 3 is 2.24 bits per heavy atom. The van der Waals surface area contributed by atoms with E-state index in [1.165, 1.54) is 51.6 Å². The Balaban J connectivity index is 1.72. The molecular weight excluding hydrogens is 208 g/mol. The fourth-order valence-corrected chi connectivity index (χ4v) is 2.73. The number of nitrogens with one attached hydrogen (secondary N) is 1. The van der Waals surface area contributed by atoms with Crippen molar-refractivity contribution in [2.75, 3.05) is 13.1 Å². The quantitative estimate of drug-likeness (QED) is 0.664. The van der Waals surface area contributed by atoms with Gasteiger partial charge in [0.15, 0.2) is 0 Å². The zero-order valence-electron chi connectivity index (χ0n) is 11.9. The Hall–Kier alpha value is -0.0800. The molecule has 0 saturated heterocycles. The molecule has 0 spiro atoms. The highest BCUT2D eigenvalue weighted by atomic mass is 15.2. The molecule has 2 aliphatic rings. The van der Waals surface area contributed by atoms with E-state index in [-0.39, 0.29) is 0 Å². The van der Waals surface area contributed by atoms with E-state index in [2.05, 4.69) is 31.0 Å². The van der Waals surface area contributed by atoms with Crippen LogP contribution in [0.25, 0.3) is 0 Å². The van der Waals surface area contributed by atoms with Gasteiger partial charge in [-0.3, -0.25) is 4.90 Å². The second kappa shape index (κ2) is 6.19. The summed E-state index contributed by atoms with van der Waals surface area (Å²) in [4.78, 5) is 2.78. The van der Waals surface area contributed by atoms with Gasteiger partial charge in [-0.05, 0) is 51.4 Å². The molecule has 2 heteroatoms. The topological polar surface area (TPSA) is 15.3 Å². The summed E-state index contributed by atoms with van der Waals surface area (Å²) in [6.07, 6.45) is 8.38. The smallest absolute Gasteiger partial charge is 0.0195 e. The monoisotopic (exact) mass is 238 g/mol. The lowest BCUT2D eigenvalue weighted by molar-refractivity contribution is 0.182. The molecule has 1 N–H and O–H groups in total. The van der Waals surface area contributed by atoms with E-state index in [1.807, 2.05) is 0 Å². The fourth-order valence-electron chi connectivity index (χ4n) is 2.73. The van der Waals surface area contributed by atoms with Gasteiger partial charge in [-0.2, -0.15) is 0 Å². The van der Waals surface area contributed by atoms with Crippen LogP contribution in [0, 0.1) is 5.92 Å².